The number of non-ortho nitro benzene ring substituents is 1. The van der Waals surface area contributed by atoms with Crippen LogP contribution in [0.4, 0.5) is 5.69 Å². The van der Waals surface area contributed by atoms with Crippen LogP contribution in [-0.4, -0.2) is 59.6 Å². The van der Waals surface area contributed by atoms with Crippen LogP contribution in [0, 0.1) is 16.0 Å². The lowest BCUT2D eigenvalue weighted by atomic mass is 9.92. The quantitative estimate of drug-likeness (QED) is 0.194. The van der Waals surface area contributed by atoms with E-state index in [2.05, 4.69) is 0 Å². The highest BCUT2D eigenvalue weighted by Gasteiger charge is 2.57. The largest absolute Gasteiger partial charge is 0.456 e. The van der Waals surface area contributed by atoms with Crippen molar-refractivity contribution in [3.05, 3.63) is 50.5 Å². The summed E-state index contributed by atoms with van der Waals surface area (Å²) < 4.78 is 32.7. The Morgan fingerprint density at radius 2 is 1.97 bits per heavy atom. The molecule has 1 aromatic rings. The molecule has 0 unspecified atom stereocenters. The van der Waals surface area contributed by atoms with Crippen LogP contribution in [0.2, 0.25) is 0 Å². The van der Waals surface area contributed by atoms with Gasteiger partial charge in [0.05, 0.1) is 29.8 Å². The predicted molar refractivity (Wildman–Crippen MR) is 104 cm³/mol. The van der Waals surface area contributed by atoms with E-state index in [9.17, 15) is 33.2 Å². The number of β-lactam (4-membered cyclic amide) rings is 1. The average Bonchev–Trinajstić information content (AvgIpc) is 2.98. The molecule has 13 heteroatoms. The lowest BCUT2D eigenvalue weighted by Gasteiger charge is -2.43. The fourth-order valence-electron chi connectivity index (χ4n) is 3.04. The van der Waals surface area contributed by atoms with Gasteiger partial charge in [-0.1, -0.05) is 11.8 Å². The van der Waals surface area contributed by atoms with Crippen molar-refractivity contribution in [1.29, 1.82) is 0 Å². The van der Waals surface area contributed by atoms with Gasteiger partial charge < -0.3 is 9.84 Å². The van der Waals surface area contributed by atoms with Crippen molar-refractivity contribution < 1.29 is 37.0 Å². The number of nitro groups is 1. The third kappa shape index (κ3) is 4.48. The second-order valence-corrected chi connectivity index (χ2v) is 9.58. The molecule has 2 heterocycles. The van der Waals surface area contributed by atoms with Gasteiger partial charge >= 0.3 is 5.97 Å². The molecule has 0 bridgehead atoms. The molecule has 2 aliphatic rings. The van der Waals surface area contributed by atoms with Crippen LogP contribution >= 0.6 is 11.8 Å². The molecular formula is C17H18N2O9S2. The molecule has 30 heavy (non-hydrogen) atoms. The van der Waals surface area contributed by atoms with Crippen molar-refractivity contribution in [1.82, 2.24) is 4.90 Å². The van der Waals surface area contributed by atoms with Crippen LogP contribution in [-0.2, 0) is 35.2 Å². The highest BCUT2D eigenvalue weighted by Crippen LogP contribution is 2.50. The van der Waals surface area contributed by atoms with Gasteiger partial charge in [0, 0.05) is 17.0 Å². The Morgan fingerprint density at radius 3 is 2.50 bits per heavy atom. The van der Waals surface area contributed by atoms with E-state index in [-0.39, 0.29) is 22.9 Å². The van der Waals surface area contributed by atoms with Crippen LogP contribution in [0.1, 0.15) is 12.5 Å². The number of rotatable bonds is 8. The predicted octanol–water partition coefficient (Wildman–Crippen LogP) is 0.738. The lowest BCUT2D eigenvalue weighted by molar-refractivity contribution is -0.384. The zero-order valence-corrected chi connectivity index (χ0v) is 17.5. The number of fused-ring (bicyclic) bond motifs is 1. The normalized spacial score (nSPS) is 21.8. The van der Waals surface area contributed by atoms with Crippen LogP contribution in [0.3, 0.4) is 0 Å². The Hall–Kier alpha value is -2.48. The molecule has 3 rings (SSSR count). The topological polar surface area (TPSA) is 153 Å². The number of ether oxygens (including phenoxy) is 1. The molecule has 0 radical (unpaired) electrons. The van der Waals surface area contributed by atoms with E-state index in [1.807, 2.05) is 0 Å². The maximum absolute atomic E-state index is 12.7. The van der Waals surface area contributed by atoms with E-state index in [0.29, 0.717) is 5.56 Å². The molecule has 0 aromatic heterocycles. The summed E-state index contributed by atoms with van der Waals surface area (Å²) in [5.41, 5.74) is 0.248. The average molecular weight is 458 g/mol. The highest BCUT2D eigenvalue weighted by molar-refractivity contribution is 8.04. The van der Waals surface area contributed by atoms with Crippen molar-refractivity contribution in [3.63, 3.8) is 0 Å². The highest BCUT2D eigenvalue weighted by atomic mass is 32.2. The summed E-state index contributed by atoms with van der Waals surface area (Å²) in [7, 11) is -3.79. The molecule has 0 aliphatic carbocycles. The third-order valence-corrected chi connectivity index (χ3v) is 6.37. The number of aliphatic hydroxyl groups excluding tert-OH is 1. The van der Waals surface area contributed by atoms with Crippen molar-refractivity contribution in [3.8, 4) is 0 Å². The number of thioether (sulfide) groups is 1. The van der Waals surface area contributed by atoms with Gasteiger partial charge in [0.1, 0.15) is 17.7 Å². The Bertz CT molecular complexity index is 1020. The smallest absolute Gasteiger partial charge is 0.356 e. The lowest BCUT2D eigenvalue weighted by Crippen LogP contribution is -2.60. The number of hydrogen-bond donors (Lipinski definition) is 1. The van der Waals surface area contributed by atoms with E-state index in [1.54, 1.807) is 0 Å². The standard InChI is InChI=1S/C17H18N2O9S2/c1-9(20)13-15(21)18-14(12(29-16(13)18)8-28-30(2,25)26)17(22)27-7-10-3-5-11(6-4-10)19(23)24/h3-6,9,13,16,20H,7-8H2,1-2H3/t9-,13+,16-/m1/s1. The second-order valence-electron chi connectivity index (χ2n) is 6.72. The van der Waals surface area contributed by atoms with Crippen LogP contribution in [0.15, 0.2) is 34.9 Å². The molecule has 1 saturated heterocycles. The van der Waals surface area contributed by atoms with Crippen LogP contribution in [0.25, 0.3) is 0 Å². The van der Waals surface area contributed by atoms with Gasteiger partial charge in [-0.05, 0) is 24.6 Å². The van der Waals surface area contributed by atoms with Gasteiger partial charge in [-0.3, -0.25) is 24.0 Å². The summed E-state index contributed by atoms with van der Waals surface area (Å²) in [6.07, 6.45) is -0.0860. The SMILES string of the molecule is C[C@@H](O)[C@H]1C(=O)N2C(C(=O)OCc3ccc([N+](=O)[O-])cc3)=C(COS(C)(=O)=O)S[C@H]12. The molecule has 1 amide bonds. The minimum absolute atomic E-state index is 0.113. The molecule has 1 N–H and O–H groups in total. The Balaban J connectivity index is 1.76. The molecule has 3 atom stereocenters. The number of carbonyl (C=O) groups excluding carboxylic acids is 2. The second kappa shape index (κ2) is 8.34. The van der Waals surface area contributed by atoms with Gasteiger partial charge in [0.15, 0.2) is 0 Å². The Morgan fingerprint density at radius 1 is 1.33 bits per heavy atom. The Labute approximate surface area is 175 Å². The first-order valence-electron chi connectivity index (χ1n) is 8.65. The molecule has 1 fully saturated rings. The van der Waals surface area contributed by atoms with Crippen molar-refractivity contribution >= 4 is 39.4 Å². The first-order chi connectivity index (χ1) is 14.0. The van der Waals surface area contributed by atoms with E-state index >= 15 is 0 Å². The number of aliphatic hydroxyl groups is 1. The Kier molecular flexibility index (Phi) is 6.17. The maximum atomic E-state index is 12.7. The van der Waals surface area contributed by atoms with Gasteiger partial charge in [-0.15, -0.1) is 0 Å². The summed E-state index contributed by atoms with van der Waals surface area (Å²) >= 11 is 1.06. The summed E-state index contributed by atoms with van der Waals surface area (Å²) in [6.45, 7) is 0.800. The number of hydrogen-bond acceptors (Lipinski definition) is 10. The third-order valence-electron chi connectivity index (χ3n) is 4.49. The number of benzene rings is 1. The minimum atomic E-state index is -3.79. The zero-order chi connectivity index (χ0) is 22.2. The van der Waals surface area contributed by atoms with E-state index in [1.165, 1.54) is 36.1 Å². The maximum Gasteiger partial charge on any atom is 0.356 e. The summed E-state index contributed by atoms with van der Waals surface area (Å²) in [5, 5.41) is 19.9. The number of esters is 1. The number of nitro benzene ring substituents is 1. The summed E-state index contributed by atoms with van der Waals surface area (Å²) in [4.78, 5) is 36.6. The molecule has 1 aromatic carbocycles. The first-order valence-corrected chi connectivity index (χ1v) is 11.3. The molecule has 2 aliphatic heterocycles. The number of amides is 1. The van der Waals surface area contributed by atoms with Gasteiger partial charge in [-0.2, -0.15) is 8.42 Å². The van der Waals surface area contributed by atoms with Crippen molar-refractivity contribution in [2.45, 2.75) is 25.0 Å². The van der Waals surface area contributed by atoms with E-state index < -0.39 is 50.9 Å². The van der Waals surface area contributed by atoms with Crippen molar-refractivity contribution in [2.24, 2.45) is 5.92 Å². The molecule has 0 saturated carbocycles. The van der Waals surface area contributed by atoms with Gasteiger partial charge in [0.2, 0.25) is 5.91 Å². The first kappa shape index (κ1) is 22.2. The van der Waals surface area contributed by atoms with Gasteiger partial charge in [-0.25, -0.2) is 4.79 Å². The minimum Gasteiger partial charge on any atom is -0.456 e. The van der Waals surface area contributed by atoms with E-state index in [0.717, 1.165) is 18.0 Å². The zero-order valence-electron chi connectivity index (χ0n) is 15.9. The van der Waals surface area contributed by atoms with E-state index in [4.69, 9.17) is 8.92 Å². The van der Waals surface area contributed by atoms with Gasteiger partial charge in [0.25, 0.3) is 15.8 Å². The van der Waals surface area contributed by atoms with Crippen LogP contribution in [0.5, 0.6) is 0 Å². The van der Waals surface area contributed by atoms with Crippen LogP contribution < -0.4 is 0 Å². The fraction of sp³-hybridized carbons (Fsp3) is 0.412. The molecule has 0 spiro atoms. The molecular weight excluding hydrogens is 440 g/mol. The monoisotopic (exact) mass is 458 g/mol. The molecule has 11 nitrogen and oxygen atoms in total. The van der Waals surface area contributed by atoms with Crippen molar-refractivity contribution in [2.75, 3.05) is 12.9 Å². The molecule has 162 valence electrons. The fourth-order valence-corrected chi connectivity index (χ4v) is 4.96. The summed E-state index contributed by atoms with van der Waals surface area (Å²) in [6, 6.07) is 5.39. The summed E-state index contributed by atoms with van der Waals surface area (Å²) in [5.74, 6) is -2.07. The number of nitrogens with zero attached hydrogens (tertiary/aromatic N) is 2. The number of carbonyl (C=O) groups is 2.